The molecule has 0 heterocycles. The summed E-state index contributed by atoms with van der Waals surface area (Å²) in [6.45, 7) is 0. The molecule has 0 spiro atoms. The third-order valence-corrected chi connectivity index (χ3v) is 5.80. The van der Waals surface area contributed by atoms with Crippen molar-refractivity contribution < 1.29 is 5.11 Å². The lowest BCUT2D eigenvalue weighted by Crippen LogP contribution is -2.49. The fraction of sp³-hybridized carbons (Fsp3) is 1.00. The van der Waals surface area contributed by atoms with E-state index < -0.39 is 0 Å². The minimum absolute atomic E-state index is 0.0833. The van der Waals surface area contributed by atoms with Gasteiger partial charge in [-0.05, 0) is 80.5 Å². The van der Waals surface area contributed by atoms with Crippen LogP contribution in [0.2, 0.25) is 0 Å². The summed E-state index contributed by atoms with van der Waals surface area (Å²) in [5.41, 5.74) is 0. The molecule has 0 aromatic rings. The molecule has 15 heavy (non-hydrogen) atoms. The fourth-order valence-corrected chi connectivity index (χ4v) is 5.28. The van der Waals surface area contributed by atoms with Gasteiger partial charge in [0.25, 0.3) is 0 Å². The molecule has 5 aliphatic carbocycles. The zero-order valence-corrected chi connectivity index (χ0v) is 9.44. The van der Waals surface area contributed by atoms with Gasteiger partial charge in [0.05, 0.1) is 6.10 Å². The first-order valence-electron chi connectivity index (χ1n) is 6.99. The molecule has 1 nitrogen and oxygen atoms in total. The molecule has 0 saturated heterocycles. The Morgan fingerprint density at radius 1 is 0.800 bits per heavy atom. The molecule has 5 fully saturated rings. The van der Waals surface area contributed by atoms with Crippen molar-refractivity contribution in [1.29, 1.82) is 0 Å². The minimum Gasteiger partial charge on any atom is -0.393 e. The highest BCUT2D eigenvalue weighted by atomic mass is 16.3. The van der Waals surface area contributed by atoms with Crippen molar-refractivity contribution in [3.8, 4) is 0 Å². The third-order valence-electron chi connectivity index (χ3n) is 5.80. The monoisotopic (exact) mass is 206 g/mol. The van der Waals surface area contributed by atoms with Gasteiger partial charge >= 0.3 is 0 Å². The smallest absolute Gasteiger partial charge is 0.0601 e. The van der Waals surface area contributed by atoms with Gasteiger partial charge in [-0.1, -0.05) is 0 Å². The minimum atomic E-state index is 0.0833. The summed E-state index contributed by atoms with van der Waals surface area (Å²) in [5, 5.41) is 10.4. The molecule has 0 aliphatic heterocycles. The van der Waals surface area contributed by atoms with Crippen LogP contribution in [0.5, 0.6) is 0 Å². The van der Waals surface area contributed by atoms with E-state index in [1.54, 1.807) is 0 Å². The van der Waals surface area contributed by atoms with Crippen LogP contribution < -0.4 is 0 Å². The van der Waals surface area contributed by atoms with E-state index in [2.05, 4.69) is 0 Å². The number of aliphatic hydroxyl groups excluding tert-OH is 1. The first-order valence-corrected chi connectivity index (χ1v) is 6.99. The van der Waals surface area contributed by atoms with Gasteiger partial charge in [-0.3, -0.25) is 0 Å². The van der Waals surface area contributed by atoms with E-state index in [9.17, 15) is 5.11 Å². The van der Waals surface area contributed by atoms with Gasteiger partial charge in [0, 0.05) is 0 Å². The maximum atomic E-state index is 10.4. The lowest BCUT2D eigenvalue weighted by molar-refractivity contribution is -0.0951. The lowest BCUT2D eigenvalue weighted by atomic mass is 9.50. The van der Waals surface area contributed by atoms with Crippen molar-refractivity contribution in [3.63, 3.8) is 0 Å². The van der Waals surface area contributed by atoms with Crippen LogP contribution in [-0.4, -0.2) is 11.2 Å². The highest BCUT2D eigenvalue weighted by Gasteiger charge is 2.52. The van der Waals surface area contributed by atoms with Crippen LogP contribution in [0.25, 0.3) is 0 Å². The van der Waals surface area contributed by atoms with Gasteiger partial charge in [0.2, 0.25) is 0 Å². The highest BCUT2D eigenvalue weighted by molar-refractivity contribution is 5.02. The number of aliphatic hydroxyl groups is 1. The Hall–Kier alpha value is -0.0400. The summed E-state index contributed by atoms with van der Waals surface area (Å²) in [4.78, 5) is 0. The van der Waals surface area contributed by atoms with Gasteiger partial charge in [-0.2, -0.15) is 0 Å². The van der Waals surface area contributed by atoms with Crippen LogP contribution in [-0.2, 0) is 0 Å². The molecular weight excluding hydrogens is 184 g/mol. The van der Waals surface area contributed by atoms with E-state index in [0.717, 1.165) is 23.7 Å². The summed E-state index contributed by atoms with van der Waals surface area (Å²) in [7, 11) is 0. The molecular formula is C14H22O. The Morgan fingerprint density at radius 3 is 1.80 bits per heavy atom. The van der Waals surface area contributed by atoms with Crippen LogP contribution in [0, 0.1) is 35.5 Å². The second-order valence-electron chi connectivity index (χ2n) is 6.84. The highest BCUT2D eigenvalue weighted by Crippen LogP contribution is 2.59. The quantitative estimate of drug-likeness (QED) is 0.736. The molecule has 1 atom stereocenters. The second kappa shape index (κ2) is 3.00. The van der Waals surface area contributed by atoms with Crippen LogP contribution in [0.1, 0.15) is 44.9 Å². The Labute approximate surface area is 92.3 Å². The molecule has 1 heteroatoms. The predicted molar refractivity (Wildman–Crippen MR) is 59.3 cm³/mol. The van der Waals surface area contributed by atoms with Gasteiger partial charge in [0.15, 0.2) is 0 Å². The van der Waals surface area contributed by atoms with Crippen LogP contribution >= 0.6 is 0 Å². The summed E-state index contributed by atoms with van der Waals surface area (Å²) in [5.74, 6) is 5.34. The molecule has 5 saturated carbocycles. The normalized spacial score (nSPS) is 54.6. The average molecular weight is 206 g/mol. The maximum absolute atomic E-state index is 10.4. The van der Waals surface area contributed by atoms with Crippen molar-refractivity contribution in [3.05, 3.63) is 0 Å². The molecule has 0 aromatic carbocycles. The van der Waals surface area contributed by atoms with Gasteiger partial charge < -0.3 is 5.11 Å². The third kappa shape index (κ3) is 1.32. The van der Waals surface area contributed by atoms with Crippen molar-refractivity contribution in [2.45, 2.75) is 51.0 Å². The molecule has 0 radical (unpaired) electrons. The van der Waals surface area contributed by atoms with E-state index >= 15 is 0 Å². The Morgan fingerprint density at radius 2 is 1.33 bits per heavy atom. The molecule has 0 amide bonds. The first kappa shape index (κ1) is 9.04. The zero-order chi connectivity index (χ0) is 9.99. The molecule has 5 rings (SSSR count). The second-order valence-corrected chi connectivity index (χ2v) is 6.84. The summed E-state index contributed by atoms with van der Waals surface area (Å²) >= 11 is 0. The largest absolute Gasteiger partial charge is 0.393 e. The van der Waals surface area contributed by atoms with Crippen molar-refractivity contribution in [1.82, 2.24) is 0 Å². The average Bonchev–Trinajstić information content (AvgIpc) is 2.98. The fourth-order valence-electron chi connectivity index (χ4n) is 5.28. The van der Waals surface area contributed by atoms with E-state index in [1.807, 2.05) is 0 Å². The molecule has 4 bridgehead atoms. The van der Waals surface area contributed by atoms with Gasteiger partial charge in [-0.15, -0.1) is 0 Å². The Bertz CT molecular complexity index is 241. The van der Waals surface area contributed by atoms with Crippen LogP contribution in [0.15, 0.2) is 0 Å². The lowest BCUT2D eigenvalue weighted by Gasteiger charge is -2.55. The zero-order valence-electron chi connectivity index (χ0n) is 9.44. The molecule has 5 aliphatic rings. The molecule has 84 valence electrons. The molecule has 0 aromatic heterocycles. The van der Waals surface area contributed by atoms with Crippen molar-refractivity contribution in [2.75, 3.05) is 0 Å². The van der Waals surface area contributed by atoms with Gasteiger partial charge in [-0.25, -0.2) is 0 Å². The van der Waals surface area contributed by atoms with Crippen molar-refractivity contribution >= 4 is 0 Å². The van der Waals surface area contributed by atoms with Crippen LogP contribution in [0.3, 0.4) is 0 Å². The van der Waals surface area contributed by atoms with E-state index in [1.165, 1.54) is 44.9 Å². The topological polar surface area (TPSA) is 20.2 Å². The standard InChI is InChI=1S/C14H22O/c15-14(10-1-2-10)13-11-4-8-3-9(6-11)7-12(13)5-8/h8-15H,1-7H2. The molecule has 1 N–H and O–H groups in total. The Kier molecular flexibility index (Phi) is 1.81. The first-order chi connectivity index (χ1) is 7.31. The summed E-state index contributed by atoms with van der Waals surface area (Å²) in [6, 6.07) is 0. The van der Waals surface area contributed by atoms with Gasteiger partial charge in [0.1, 0.15) is 0 Å². The van der Waals surface area contributed by atoms with Crippen molar-refractivity contribution in [2.24, 2.45) is 35.5 Å². The van der Waals surface area contributed by atoms with Crippen LogP contribution in [0.4, 0.5) is 0 Å². The maximum Gasteiger partial charge on any atom is 0.0601 e. The summed E-state index contributed by atoms with van der Waals surface area (Å²) < 4.78 is 0. The number of hydrogen-bond donors (Lipinski definition) is 1. The summed E-state index contributed by atoms with van der Waals surface area (Å²) in [6.07, 6.45) is 10.1. The molecule has 1 unspecified atom stereocenters. The number of hydrogen-bond acceptors (Lipinski definition) is 1. The van der Waals surface area contributed by atoms with E-state index in [-0.39, 0.29) is 6.10 Å². The SMILES string of the molecule is OC(C1CC1)C1C2CC3CC(C2)CC1C3. The van der Waals surface area contributed by atoms with E-state index in [0.29, 0.717) is 11.8 Å². The predicted octanol–water partition coefficient (Wildman–Crippen LogP) is 2.83. The Balaban J connectivity index is 1.59. The number of rotatable bonds is 2. The van der Waals surface area contributed by atoms with E-state index in [4.69, 9.17) is 0 Å².